The zero-order valence-electron chi connectivity index (χ0n) is 12.2. The van der Waals surface area contributed by atoms with Gasteiger partial charge >= 0.3 is 0 Å². The van der Waals surface area contributed by atoms with Crippen LogP contribution in [0.25, 0.3) is 0 Å². The van der Waals surface area contributed by atoms with Gasteiger partial charge in [-0.15, -0.1) is 0 Å². The van der Waals surface area contributed by atoms with E-state index in [1.807, 2.05) is 24.3 Å². The van der Waals surface area contributed by atoms with Gasteiger partial charge in [-0.2, -0.15) is 0 Å². The normalized spacial score (nSPS) is 12.9. The van der Waals surface area contributed by atoms with Gasteiger partial charge in [0.05, 0.1) is 5.02 Å². The Balaban J connectivity index is 1.64. The monoisotopic (exact) mass is 332 g/mol. The molecule has 2 amide bonds. The van der Waals surface area contributed by atoms with Crippen LogP contribution in [-0.4, -0.2) is 18.4 Å². The molecule has 0 atom stereocenters. The fourth-order valence-corrected chi connectivity index (χ4v) is 2.79. The summed E-state index contributed by atoms with van der Waals surface area (Å²) in [6, 6.07) is 11.5. The molecular formula is C17H14ClFN2O2. The molecule has 3 rings (SSSR count). The number of halogens is 2. The summed E-state index contributed by atoms with van der Waals surface area (Å²) in [5, 5.41) is 2.47. The fraction of sp³-hybridized carbons (Fsp3) is 0.176. The van der Waals surface area contributed by atoms with Crippen molar-refractivity contribution in [3.63, 3.8) is 0 Å². The minimum atomic E-state index is -0.561. The maximum absolute atomic E-state index is 13.1. The molecule has 0 fully saturated rings. The molecule has 0 bridgehead atoms. The third-order valence-corrected chi connectivity index (χ3v) is 3.99. The van der Waals surface area contributed by atoms with Crippen molar-refractivity contribution in [2.24, 2.45) is 0 Å². The number of amides is 2. The van der Waals surface area contributed by atoms with Gasteiger partial charge in [-0.25, -0.2) is 4.39 Å². The highest BCUT2D eigenvalue weighted by Crippen LogP contribution is 2.28. The number of carbonyl (C=O) groups excluding carboxylic acids is 2. The SMILES string of the molecule is O=C(CC(=O)N1CCc2ccccc21)Nc1ccc(F)c(Cl)c1. The minimum absolute atomic E-state index is 0.0809. The Hall–Kier alpha value is -2.40. The Morgan fingerprint density at radius 1 is 1.22 bits per heavy atom. The lowest BCUT2D eigenvalue weighted by molar-refractivity contribution is -0.125. The molecule has 6 heteroatoms. The van der Waals surface area contributed by atoms with Crippen molar-refractivity contribution >= 4 is 34.8 Å². The van der Waals surface area contributed by atoms with E-state index in [0.29, 0.717) is 12.2 Å². The van der Waals surface area contributed by atoms with Gasteiger partial charge in [0.2, 0.25) is 11.8 Å². The van der Waals surface area contributed by atoms with E-state index >= 15 is 0 Å². The van der Waals surface area contributed by atoms with Crippen molar-refractivity contribution in [1.29, 1.82) is 0 Å². The summed E-state index contributed by atoms with van der Waals surface area (Å²) in [5.41, 5.74) is 2.32. The smallest absolute Gasteiger partial charge is 0.236 e. The summed E-state index contributed by atoms with van der Waals surface area (Å²) in [6.07, 6.45) is 0.514. The molecule has 1 aliphatic heterocycles. The molecule has 0 aliphatic carbocycles. The van der Waals surface area contributed by atoms with Crippen molar-refractivity contribution in [1.82, 2.24) is 0 Å². The number of benzene rings is 2. The lowest BCUT2D eigenvalue weighted by Gasteiger charge is -2.17. The highest BCUT2D eigenvalue weighted by molar-refractivity contribution is 6.31. The van der Waals surface area contributed by atoms with Crippen LogP contribution < -0.4 is 10.2 Å². The van der Waals surface area contributed by atoms with E-state index in [9.17, 15) is 14.0 Å². The molecule has 1 N–H and O–H groups in total. The van der Waals surface area contributed by atoms with Crippen LogP contribution in [0.1, 0.15) is 12.0 Å². The number of hydrogen-bond donors (Lipinski definition) is 1. The molecule has 0 aromatic heterocycles. The number of para-hydroxylation sites is 1. The van der Waals surface area contributed by atoms with Gasteiger partial charge in [0, 0.05) is 17.9 Å². The fourth-order valence-electron chi connectivity index (χ4n) is 2.61. The van der Waals surface area contributed by atoms with Crippen LogP contribution in [0.4, 0.5) is 15.8 Å². The standard InChI is InChI=1S/C17H14ClFN2O2/c18-13-9-12(5-6-14(13)19)20-16(22)10-17(23)21-8-7-11-3-1-2-4-15(11)21/h1-6,9H,7-8,10H2,(H,20,22). The molecule has 0 unspecified atom stereocenters. The third-order valence-electron chi connectivity index (χ3n) is 3.70. The molecule has 1 heterocycles. The van der Waals surface area contributed by atoms with E-state index in [1.54, 1.807) is 4.90 Å². The first-order valence-electron chi connectivity index (χ1n) is 7.18. The van der Waals surface area contributed by atoms with E-state index in [-0.39, 0.29) is 17.4 Å². The maximum Gasteiger partial charge on any atom is 0.236 e. The van der Waals surface area contributed by atoms with Crippen molar-refractivity contribution in [3.8, 4) is 0 Å². The Morgan fingerprint density at radius 3 is 2.78 bits per heavy atom. The molecular weight excluding hydrogens is 319 g/mol. The molecule has 0 saturated carbocycles. The van der Waals surface area contributed by atoms with E-state index in [4.69, 9.17) is 11.6 Å². The lowest BCUT2D eigenvalue weighted by atomic mass is 10.2. The summed E-state index contributed by atoms with van der Waals surface area (Å²) in [6.45, 7) is 0.577. The molecule has 1 aliphatic rings. The molecule has 2 aromatic carbocycles. The number of nitrogens with zero attached hydrogens (tertiary/aromatic N) is 1. The van der Waals surface area contributed by atoms with Crippen LogP contribution >= 0.6 is 11.6 Å². The molecule has 0 saturated heterocycles. The minimum Gasteiger partial charge on any atom is -0.326 e. The van der Waals surface area contributed by atoms with Crippen LogP contribution in [0, 0.1) is 5.82 Å². The zero-order valence-corrected chi connectivity index (χ0v) is 12.9. The second-order valence-corrected chi connectivity index (χ2v) is 5.69. The van der Waals surface area contributed by atoms with Gasteiger partial charge in [-0.3, -0.25) is 9.59 Å². The highest BCUT2D eigenvalue weighted by atomic mass is 35.5. The van der Waals surface area contributed by atoms with Gasteiger partial charge in [0.15, 0.2) is 0 Å². The van der Waals surface area contributed by atoms with E-state index in [1.165, 1.54) is 12.1 Å². The number of anilines is 2. The number of nitrogens with one attached hydrogen (secondary N) is 1. The third kappa shape index (κ3) is 3.35. The average molecular weight is 333 g/mol. The quantitative estimate of drug-likeness (QED) is 0.876. The largest absolute Gasteiger partial charge is 0.326 e. The van der Waals surface area contributed by atoms with E-state index < -0.39 is 11.7 Å². The number of carbonyl (C=O) groups is 2. The second kappa shape index (κ2) is 6.38. The summed E-state index contributed by atoms with van der Waals surface area (Å²) in [5.74, 6) is -1.28. The summed E-state index contributed by atoms with van der Waals surface area (Å²) in [4.78, 5) is 25.9. The van der Waals surface area contributed by atoms with Gasteiger partial charge < -0.3 is 10.2 Å². The first kappa shape index (κ1) is 15.5. The van der Waals surface area contributed by atoms with Crippen molar-refractivity contribution in [2.75, 3.05) is 16.8 Å². The predicted molar refractivity (Wildman–Crippen MR) is 87.2 cm³/mol. The average Bonchev–Trinajstić information content (AvgIpc) is 2.95. The zero-order chi connectivity index (χ0) is 16.4. The van der Waals surface area contributed by atoms with Crippen molar-refractivity contribution < 1.29 is 14.0 Å². The van der Waals surface area contributed by atoms with Gasteiger partial charge in [0.1, 0.15) is 12.2 Å². The topological polar surface area (TPSA) is 49.4 Å². The van der Waals surface area contributed by atoms with Crippen LogP contribution in [-0.2, 0) is 16.0 Å². The lowest BCUT2D eigenvalue weighted by Crippen LogP contribution is -2.32. The Bertz CT molecular complexity index is 779. The molecule has 0 radical (unpaired) electrons. The van der Waals surface area contributed by atoms with Crippen LogP contribution in [0.3, 0.4) is 0 Å². The van der Waals surface area contributed by atoms with Crippen molar-refractivity contribution in [3.05, 3.63) is 58.9 Å². The van der Waals surface area contributed by atoms with Crippen LogP contribution in [0.5, 0.6) is 0 Å². The molecule has 0 spiro atoms. The first-order chi connectivity index (χ1) is 11.0. The molecule has 118 valence electrons. The second-order valence-electron chi connectivity index (χ2n) is 5.28. The number of fused-ring (bicyclic) bond motifs is 1. The first-order valence-corrected chi connectivity index (χ1v) is 7.55. The van der Waals surface area contributed by atoms with Crippen LogP contribution in [0.15, 0.2) is 42.5 Å². The Kier molecular flexibility index (Phi) is 4.30. The summed E-state index contributed by atoms with van der Waals surface area (Å²) < 4.78 is 13.1. The van der Waals surface area contributed by atoms with Crippen LogP contribution in [0.2, 0.25) is 5.02 Å². The summed E-state index contributed by atoms with van der Waals surface area (Å²) >= 11 is 5.66. The van der Waals surface area contributed by atoms with Gasteiger partial charge in [0.25, 0.3) is 0 Å². The number of rotatable bonds is 3. The van der Waals surface area contributed by atoms with E-state index in [0.717, 1.165) is 23.7 Å². The van der Waals surface area contributed by atoms with Crippen molar-refractivity contribution in [2.45, 2.75) is 12.8 Å². The number of hydrogen-bond acceptors (Lipinski definition) is 2. The predicted octanol–water partition coefficient (Wildman–Crippen LogP) is 3.40. The van der Waals surface area contributed by atoms with Gasteiger partial charge in [-0.05, 0) is 36.2 Å². The molecule has 23 heavy (non-hydrogen) atoms. The van der Waals surface area contributed by atoms with E-state index in [2.05, 4.69) is 5.32 Å². The molecule has 4 nitrogen and oxygen atoms in total. The Labute approximate surface area is 137 Å². The molecule has 2 aromatic rings. The highest BCUT2D eigenvalue weighted by Gasteiger charge is 2.25. The summed E-state index contributed by atoms with van der Waals surface area (Å²) in [7, 11) is 0. The van der Waals surface area contributed by atoms with Gasteiger partial charge in [-0.1, -0.05) is 29.8 Å². The Morgan fingerprint density at radius 2 is 2.00 bits per heavy atom. The maximum atomic E-state index is 13.1.